The molecule has 0 fully saturated rings. The number of fused-ring (bicyclic) bond motifs is 3. The van der Waals surface area contributed by atoms with Gasteiger partial charge in [-0.15, -0.1) is 0 Å². The normalized spacial score (nSPS) is 10.0. The first-order chi connectivity index (χ1) is 14.9. The second kappa shape index (κ2) is 9.75. The van der Waals surface area contributed by atoms with Gasteiger partial charge in [0.1, 0.15) is 0 Å². The van der Waals surface area contributed by atoms with Gasteiger partial charge in [0.2, 0.25) is 0 Å². The van der Waals surface area contributed by atoms with Gasteiger partial charge < -0.3 is 0 Å². The fraction of sp³-hybridized carbons (Fsp3) is 0. The number of aromatic nitrogens is 6. The van der Waals surface area contributed by atoms with E-state index < -0.39 is 0 Å². The molecule has 0 unspecified atom stereocenters. The first-order valence-electron chi connectivity index (χ1n) is 9.35. The highest BCUT2D eigenvalue weighted by Gasteiger charge is 1.89. The maximum atomic E-state index is 4.12. The van der Waals surface area contributed by atoms with Gasteiger partial charge in [-0.25, -0.2) is 9.97 Å². The lowest BCUT2D eigenvalue weighted by Gasteiger charge is -1.91. The Labute approximate surface area is 173 Å². The van der Waals surface area contributed by atoms with Crippen molar-refractivity contribution in [2.24, 2.45) is 0 Å². The molecule has 144 valence electrons. The molecular formula is C24H18N6. The zero-order valence-corrected chi connectivity index (χ0v) is 16.1. The van der Waals surface area contributed by atoms with Gasteiger partial charge in [-0.2, -0.15) is 0 Å². The van der Waals surface area contributed by atoms with Crippen LogP contribution < -0.4 is 0 Å². The molecule has 0 radical (unpaired) electrons. The summed E-state index contributed by atoms with van der Waals surface area (Å²) in [4.78, 5) is 24.3. The Hall–Kier alpha value is -4.32. The zero-order valence-electron chi connectivity index (χ0n) is 16.1. The van der Waals surface area contributed by atoms with Crippen LogP contribution in [-0.4, -0.2) is 29.9 Å². The number of hydrogen-bond acceptors (Lipinski definition) is 6. The van der Waals surface area contributed by atoms with Crippen molar-refractivity contribution in [3.05, 3.63) is 110 Å². The van der Waals surface area contributed by atoms with Crippen LogP contribution in [0.4, 0.5) is 0 Å². The van der Waals surface area contributed by atoms with Crippen molar-refractivity contribution in [1.29, 1.82) is 0 Å². The van der Waals surface area contributed by atoms with E-state index in [0.29, 0.717) is 0 Å². The average Bonchev–Trinajstić information content (AvgIpc) is 2.85. The Morgan fingerprint density at radius 3 is 1.37 bits per heavy atom. The molecule has 0 saturated heterocycles. The van der Waals surface area contributed by atoms with Crippen molar-refractivity contribution < 1.29 is 0 Å². The first kappa shape index (κ1) is 19.0. The van der Waals surface area contributed by atoms with Gasteiger partial charge in [0.05, 0.1) is 11.0 Å². The molecule has 30 heavy (non-hydrogen) atoms. The molecule has 6 rings (SSSR count). The van der Waals surface area contributed by atoms with Gasteiger partial charge in [0, 0.05) is 65.7 Å². The van der Waals surface area contributed by atoms with Crippen molar-refractivity contribution in [3.63, 3.8) is 0 Å². The molecule has 6 heteroatoms. The monoisotopic (exact) mass is 390 g/mol. The molecule has 6 aromatic heterocycles. The molecule has 0 aliphatic heterocycles. The first-order valence-corrected chi connectivity index (χ1v) is 9.35. The van der Waals surface area contributed by atoms with E-state index in [2.05, 4.69) is 29.9 Å². The van der Waals surface area contributed by atoms with E-state index in [4.69, 9.17) is 0 Å². The van der Waals surface area contributed by atoms with Crippen LogP contribution in [0.15, 0.2) is 110 Å². The molecule has 0 atom stereocenters. The van der Waals surface area contributed by atoms with Crippen molar-refractivity contribution in [2.75, 3.05) is 0 Å². The quantitative estimate of drug-likeness (QED) is 0.367. The van der Waals surface area contributed by atoms with E-state index in [1.54, 1.807) is 37.2 Å². The summed E-state index contributed by atoms with van der Waals surface area (Å²) in [7, 11) is 0. The van der Waals surface area contributed by atoms with Crippen LogP contribution in [0, 0.1) is 0 Å². The highest BCUT2D eigenvalue weighted by molar-refractivity contribution is 5.79. The SMILES string of the molecule is c1cc2cnccc2cn1.c1cnc2cccnc2c1.c1cnc2ncccc2c1. The van der Waals surface area contributed by atoms with Gasteiger partial charge in [-0.1, -0.05) is 0 Å². The van der Waals surface area contributed by atoms with Gasteiger partial charge in [-0.05, 0) is 60.7 Å². The van der Waals surface area contributed by atoms with E-state index in [0.717, 1.165) is 32.8 Å². The minimum atomic E-state index is 0.810. The fourth-order valence-corrected chi connectivity index (χ4v) is 2.73. The average molecular weight is 390 g/mol. The highest BCUT2D eigenvalue weighted by atomic mass is 14.8. The molecule has 0 N–H and O–H groups in total. The summed E-state index contributed by atoms with van der Waals surface area (Å²) in [6, 6.07) is 19.4. The number of hydrogen-bond donors (Lipinski definition) is 0. The van der Waals surface area contributed by atoms with Crippen LogP contribution in [0.5, 0.6) is 0 Å². The van der Waals surface area contributed by atoms with E-state index in [1.807, 2.05) is 73.1 Å². The Morgan fingerprint density at radius 1 is 0.400 bits per heavy atom. The number of pyridine rings is 6. The number of nitrogens with zero attached hydrogens (tertiary/aromatic N) is 6. The summed E-state index contributed by atoms with van der Waals surface area (Å²) >= 11 is 0. The molecule has 0 aliphatic carbocycles. The highest BCUT2D eigenvalue weighted by Crippen LogP contribution is 2.08. The largest absolute Gasteiger partial charge is 0.264 e. The van der Waals surface area contributed by atoms with E-state index in [9.17, 15) is 0 Å². The van der Waals surface area contributed by atoms with Crippen molar-refractivity contribution in [1.82, 2.24) is 29.9 Å². The van der Waals surface area contributed by atoms with Crippen molar-refractivity contribution in [2.45, 2.75) is 0 Å². The van der Waals surface area contributed by atoms with Gasteiger partial charge in [0.25, 0.3) is 0 Å². The molecule has 0 amide bonds. The minimum Gasteiger partial charge on any atom is -0.264 e. The topological polar surface area (TPSA) is 77.3 Å². The van der Waals surface area contributed by atoms with E-state index >= 15 is 0 Å². The third kappa shape index (κ3) is 4.94. The Balaban J connectivity index is 0.000000109. The molecule has 6 aromatic rings. The summed E-state index contributed by atoms with van der Waals surface area (Å²) in [5.41, 5.74) is 2.71. The van der Waals surface area contributed by atoms with Crippen LogP contribution in [0.3, 0.4) is 0 Å². The standard InChI is InChI=1S/3C8H6N2/c1-3-9-6-8-2-4-10-5-7(1)8;1-3-7-8(9-5-1)4-2-6-10-7;1-3-7-4-2-6-10-8(7)9-5-1/h3*1-6H. The third-order valence-electron chi connectivity index (χ3n) is 4.19. The predicted octanol–water partition coefficient (Wildman–Crippen LogP) is 4.89. The molecule has 0 saturated carbocycles. The predicted molar refractivity (Wildman–Crippen MR) is 119 cm³/mol. The Bertz CT molecular complexity index is 1000. The van der Waals surface area contributed by atoms with Crippen molar-refractivity contribution in [3.8, 4) is 0 Å². The molecule has 0 bridgehead atoms. The van der Waals surface area contributed by atoms with Crippen LogP contribution in [0.2, 0.25) is 0 Å². The third-order valence-corrected chi connectivity index (χ3v) is 4.19. The maximum Gasteiger partial charge on any atom is 0.159 e. The fourth-order valence-electron chi connectivity index (χ4n) is 2.73. The lowest BCUT2D eigenvalue weighted by Crippen LogP contribution is -1.78. The molecule has 6 heterocycles. The summed E-state index contributed by atoms with van der Waals surface area (Å²) < 4.78 is 0. The molecule has 6 nitrogen and oxygen atoms in total. The lowest BCUT2D eigenvalue weighted by molar-refractivity contribution is 1.29. The van der Waals surface area contributed by atoms with Crippen LogP contribution in [-0.2, 0) is 0 Å². The lowest BCUT2D eigenvalue weighted by atomic mass is 10.2. The van der Waals surface area contributed by atoms with Crippen LogP contribution in [0.1, 0.15) is 0 Å². The molecular weight excluding hydrogens is 372 g/mol. The second-order valence-electron chi connectivity index (χ2n) is 6.20. The minimum absolute atomic E-state index is 0.810. The summed E-state index contributed by atoms with van der Waals surface area (Å²) in [6.07, 6.45) is 14.2. The van der Waals surface area contributed by atoms with E-state index in [-0.39, 0.29) is 0 Å². The molecule has 0 aromatic carbocycles. The Kier molecular flexibility index (Phi) is 6.18. The Morgan fingerprint density at radius 2 is 0.867 bits per heavy atom. The summed E-state index contributed by atoms with van der Waals surface area (Å²) in [5, 5.41) is 3.36. The summed E-state index contributed by atoms with van der Waals surface area (Å²) in [6.45, 7) is 0. The van der Waals surface area contributed by atoms with E-state index in [1.165, 1.54) is 0 Å². The van der Waals surface area contributed by atoms with Crippen LogP contribution >= 0.6 is 0 Å². The second-order valence-corrected chi connectivity index (χ2v) is 6.20. The smallest absolute Gasteiger partial charge is 0.159 e. The molecule has 0 aliphatic rings. The number of rotatable bonds is 0. The van der Waals surface area contributed by atoms with Gasteiger partial charge >= 0.3 is 0 Å². The van der Waals surface area contributed by atoms with Gasteiger partial charge in [-0.3, -0.25) is 19.9 Å². The van der Waals surface area contributed by atoms with Crippen LogP contribution in [0.25, 0.3) is 32.8 Å². The molecule has 0 spiro atoms. The maximum absolute atomic E-state index is 4.12. The van der Waals surface area contributed by atoms with Crippen molar-refractivity contribution >= 4 is 32.8 Å². The van der Waals surface area contributed by atoms with Gasteiger partial charge in [0.15, 0.2) is 5.65 Å². The zero-order chi connectivity index (χ0) is 20.4. The summed E-state index contributed by atoms with van der Waals surface area (Å²) in [5.74, 6) is 0.